The van der Waals surface area contributed by atoms with Gasteiger partial charge in [-0.15, -0.1) is 0 Å². The number of halogens is 1. The van der Waals surface area contributed by atoms with Crippen LogP contribution in [0, 0.1) is 0 Å². The van der Waals surface area contributed by atoms with Gasteiger partial charge >= 0.3 is 0 Å². The fourth-order valence-electron chi connectivity index (χ4n) is 2.41. The van der Waals surface area contributed by atoms with E-state index in [4.69, 9.17) is 0 Å². The van der Waals surface area contributed by atoms with Crippen LogP contribution in [0.4, 0.5) is 5.69 Å². The smallest absolute Gasteiger partial charge is 0.128 e. The van der Waals surface area contributed by atoms with E-state index < -0.39 is 0 Å². The van der Waals surface area contributed by atoms with Crippen LogP contribution in [0.3, 0.4) is 0 Å². The number of aliphatic hydroxyl groups excluding tert-OH is 1. The van der Waals surface area contributed by atoms with E-state index in [9.17, 15) is 5.11 Å². The zero-order valence-corrected chi connectivity index (χ0v) is 13.3. The predicted octanol–water partition coefficient (Wildman–Crippen LogP) is 3.44. The van der Waals surface area contributed by atoms with Gasteiger partial charge in [0.2, 0.25) is 0 Å². The lowest BCUT2D eigenvalue weighted by molar-refractivity contribution is 0.281. The van der Waals surface area contributed by atoms with Crippen molar-refractivity contribution in [2.45, 2.75) is 13.2 Å². The molecule has 1 aromatic heterocycles. The molecular weight excluding hydrogens is 330 g/mol. The minimum absolute atomic E-state index is 0.00764. The van der Waals surface area contributed by atoms with Crippen molar-refractivity contribution >= 4 is 32.7 Å². The first-order valence-corrected chi connectivity index (χ1v) is 7.52. The minimum Gasteiger partial charge on any atom is -0.392 e. The van der Waals surface area contributed by atoms with Gasteiger partial charge in [-0.1, -0.05) is 34.1 Å². The monoisotopic (exact) mass is 345 g/mol. The van der Waals surface area contributed by atoms with E-state index in [1.54, 1.807) is 0 Å². The van der Waals surface area contributed by atoms with E-state index in [2.05, 4.69) is 36.9 Å². The van der Waals surface area contributed by atoms with Gasteiger partial charge < -0.3 is 15.0 Å². The van der Waals surface area contributed by atoms with Crippen molar-refractivity contribution in [2.24, 2.45) is 7.05 Å². The number of aryl methyl sites for hydroxylation is 1. The largest absolute Gasteiger partial charge is 0.392 e. The second-order valence-electron chi connectivity index (χ2n) is 4.85. The lowest BCUT2D eigenvalue weighted by Gasteiger charge is -2.12. The molecule has 0 aliphatic carbocycles. The zero-order valence-electron chi connectivity index (χ0n) is 11.7. The highest BCUT2D eigenvalue weighted by Gasteiger charge is 2.09. The molecule has 0 bridgehead atoms. The summed E-state index contributed by atoms with van der Waals surface area (Å²) in [6.45, 7) is 0.598. The number of hydrogen-bond donors (Lipinski definition) is 2. The molecule has 2 N–H and O–H groups in total. The van der Waals surface area contributed by atoms with Gasteiger partial charge in [0.05, 0.1) is 24.2 Å². The van der Waals surface area contributed by atoms with Crippen LogP contribution in [0.25, 0.3) is 11.0 Å². The van der Waals surface area contributed by atoms with Crippen molar-refractivity contribution in [1.29, 1.82) is 0 Å². The lowest BCUT2D eigenvalue weighted by atomic mass is 10.2. The summed E-state index contributed by atoms with van der Waals surface area (Å²) < 4.78 is 2.99. The molecule has 5 heteroatoms. The number of aromatic nitrogens is 2. The molecule has 0 atom stereocenters. The molecule has 0 saturated heterocycles. The first-order chi connectivity index (χ1) is 10.2. The Morgan fingerprint density at radius 2 is 2.00 bits per heavy atom. The minimum atomic E-state index is -0.00764. The normalized spacial score (nSPS) is 11.0. The van der Waals surface area contributed by atoms with Gasteiger partial charge in [0.15, 0.2) is 0 Å². The molecule has 108 valence electrons. The van der Waals surface area contributed by atoms with Crippen LogP contribution in [0.5, 0.6) is 0 Å². The maximum Gasteiger partial charge on any atom is 0.128 e. The molecule has 0 fully saturated rings. The summed E-state index contributed by atoms with van der Waals surface area (Å²) in [5, 5.41) is 12.8. The number of imidazole rings is 1. The van der Waals surface area contributed by atoms with Crippen molar-refractivity contribution < 1.29 is 5.11 Å². The van der Waals surface area contributed by atoms with Gasteiger partial charge in [-0.3, -0.25) is 0 Å². The van der Waals surface area contributed by atoms with Gasteiger partial charge in [0.1, 0.15) is 5.82 Å². The van der Waals surface area contributed by atoms with E-state index in [0.717, 1.165) is 32.6 Å². The van der Waals surface area contributed by atoms with Crippen molar-refractivity contribution in [3.05, 3.63) is 58.3 Å². The van der Waals surface area contributed by atoms with Crippen LogP contribution in [0.2, 0.25) is 0 Å². The number of fused-ring (bicyclic) bond motifs is 1. The lowest BCUT2D eigenvalue weighted by Crippen LogP contribution is -2.07. The number of hydrogen-bond acceptors (Lipinski definition) is 3. The fourth-order valence-corrected chi connectivity index (χ4v) is 2.90. The third-order valence-electron chi connectivity index (χ3n) is 3.59. The Kier molecular flexibility index (Phi) is 3.94. The fraction of sp³-hybridized carbons (Fsp3) is 0.188. The summed E-state index contributed by atoms with van der Waals surface area (Å²) in [7, 11) is 2.01. The SMILES string of the molecule is Cn1c(CNc2cccc(Br)c2CO)nc2ccccc21. The molecule has 2 aromatic carbocycles. The Morgan fingerprint density at radius 3 is 2.76 bits per heavy atom. The van der Waals surface area contributed by atoms with Gasteiger partial charge in [0.25, 0.3) is 0 Å². The zero-order chi connectivity index (χ0) is 14.8. The second-order valence-corrected chi connectivity index (χ2v) is 5.71. The molecule has 0 radical (unpaired) electrons. The number of benzene rings is 2. The molecule has 0 unspecified atom stereocenters. The number of aliphatic hydroxyl groups is 1. The summed E-state index contributed by atoms with van der Waals surface area (Å²) in [6, 6.07) is 13.9. The number of para-hydroxylation sites is 2. The third kappa shape index (κ3) is 2.66. The quantitative estimate of drug-likeness (QED) is 0.761. The average molecular weight is 346 g/mol. The van der Waals surface area contributed by atoms with Gasteiger partial charge in [0, 0.05) is 22.8 Å². The van der Waals surface area contributed by atoms with Gasteiger partial charge in [-0.25, -0.2) is 4.98 Å². The third-order valence-corrected chi connectivity index (χ3v) is 4.34. The number of nitrogens with one attached hydrogen (secondary N) is 1. The molecule has 0 aliphatic rings. The Labute approximate surface area is 131 Å². The summed E-state index contributed by atoms with van der Waals surface area (Å²) in [5.41, 5.74) is 3.88. The van der Waals surface area contributed by atoms with Gasteiger partial charge in [-0.2, -0.15) is 0 Å². The van der Waals surface area contributed by atoms with Crippen molar-refractivity contribution in [3.8, 4) is 0 Å². The van der Waals surface area contributed by atoms with Crippen LogP contribution in [-0.4, -0.2) is 14.7 Å². The van der Waals surface area contributed by atoms with E-state index >= 15 is 0 Å². The molecule has 3 rings (SSSR count). The first kappa shape index (κ1) is 14.1. The van der Waals surface area contributed by atoms with Crippen molar-refractivity contribution in [1.82, 2.24) is 9.55 Å². The summed E-state index contributed by atoms with van der Waals surface area (Å²) in [6.07, 6.45) is 0. The summed E-state index contributed by atoms with van der Waals surface area (Å²) in [5.74, 6) is 0.958. The molecule has 0 aliphatic heterocycles. The summed E-state index contributed by atoms with van der Waals surface area (Å²) in [4.78, 5) is 4.63. The number of rotatable bonds is 4. The van der Waals surface area contributed by atoms with Crippen LogP contribution in [0.15, 0.2) is 46.9 Å². The first-order valence-electron chi connectivity index (χ1n) is 6.73. The maximum atomic E-state index is 9.47. The highest BCUT2D eigenvalue weighted by molar-refractivity contribution is 9.10. The number of nitrogens with zero attached hydrogens (tertiary/aromatic N) is 2. The molecule has 3 aromatic rings. The van der Waals surface area contributed by atoms with E-state index in [0.29, 0.717) is 6.54 Å². The molecule has 21 heavy (non-hydrogen) atoms. The molecule has 0 saturated carbocycles. The highest BCUT2D eigenvalue weighted by atomic mass is 79.9. The maximum absolute atomic E-state index is 9.47. The standard InChI is InChI=1S/C16H16BrN3O/c1-20-15-8-3-2-6-14(15)19-16(20)9-18-13-7-4-5-12(17)11(13)10-21/h2-8,18,21H,9-10H2,1H3. The Morgan fingerprint density at radius 1 is 1.19 bits per heavy atom. The van der Waals surface area contributed by atoms with Crippen LogP contribution >= 0.6 is 15.9 Å². The second kappa shape index (κ2) is 5.87. The molecule has 4 nitrogen and oxygen atoms in total. The summed E-state index contributed by atoms with van der Waals surface area (Å²) >= 11 is 3.46. The van der Waals surface area contributed by atoms with Crippen LogP contribution in [-0.2, 0) is 20.2 Å². The van der Waals surface area contributed by atoms with Crippen molar-refractivity contribution in [3.63, 3.8) is 0 Å². The van der Waals surface area contributed by atoms with Crippen LogP contribution < -0.4 is 5.32 Å². The predicted molar refractivity (Wildman–Crippen MR) is 88.1 cm³/mol. The Hall–Kier alpha value is -1.85. The van der Waals surface area contributed by atoms with E-state index in [-0.39, 0.29) is 6.61 Å². The molecule has 1 heterocycles. The van der Waals surface area contributed by atoms with Crippen molar-refractivity contribution in [2.75, 3.05) is 5.32 Å². The van der Waals surface area contributed by atoms with Crippen LogP contribution in [0.1, 0.15) is 11.4 Å². The average Bonchev–Trinajstić information content (AvgIpc) is 2.82. The topological polar surface area (TPSA) is 50.1 Å². The Balaban J connectivity index is 1.87. The Bertz CT molecular complexity index is 782. The highest BCUT2D eigenvalue weighted by Crippen LogP contribution is 2.25. The number of anilines is 1. The molecule has 0 spiro atoms. The molecule has 0 amide bonds. The van der Waals surface area contributed by atoms with E-state index in [1.165, 1.54) is 0 Å². The van der Waals surface area contributed by atoms with Gasteiger partial charge in [-0.05, 0) is 24.3 Å². The van der Waals surface area contributed by atoms with E-state index in [1.807, 2.05) is 43.4 Å². The molecular formula is C16H16BrN3O.